The van der Waals surface area contributed by atoms with E-state index in [1.165, 1.54) is 22.3 Å². The maximum absolute atomic E-state index is 13.3. The molecule has 0 saturated heterocycles. The fourth-order valence-electron chi connectivity index (χ4n) is 2.15. The predicted molar refractivity (Wildman–Crippen MR) is 70.8 cm³/mol. The highest BCUT2D eigenvalue weighted by molar-refractivity contribution is 5.70. The Balaban J connectivity index is 2.64. The molecule has 0 fully saturated rings. The van der Waals surface area contributed by atoms with Crippen LogP contribution in [0.4, 0.5) is 4.39 Å². The summed E-state index contributed by atoms with van der Waals surface area (Å²) in [5.41, 5.74) is 6.77. The third kappa shape index (κ3) is 2.23. The van der Waals surface area contributed by atoms with E-state index in [1.807, 2.05) is 12.1 Å². The monoisotopic (exact) mass is 228 g/mol. The predicted octanol–water partition coefficient (Wildman–Crippen LogP) is 4.73. The van der Waals surface area contributed by atoms with Gasteiger partial charge in [-0.1, -0.05) is 23.8 Å². The van der Waals surface area contributed by atoms with Crippen molar-refractivity contribution < 1.29 is 4.39 Å². The number of rotatable bonds is 1. The molecule has 0 amide bonds. The summed E-state index contributed by atoms with van der Waals surface area (Å²) in [5, 5.41) is 0. The molecule has 0 spiro atoms. The fourth-order valence-corrected chi connectivity index (χ4v) is 2.15. The van der Waals surface area contributed by atoms with E-state index < -0.39 is 0 Å². The molecule has 17 heavy (non-hydrogen) atoms. The SMILES string of the molecule is Cc1cc(C)c(C)c(-c2ccc(F)c(C)c2)c1. The molecule has 0 saturated carbocycles. The van der Waals surface area contributed by atoms with Crippen LogP contribution in [0.3, 0.4) is 0 Å². The van der Waals surface area contributed by atoms with Crippen LogP contribution in [0, 0.1) is 33.5 Å². The molecule has 88 valence electrons. The Kier molecular flexibility index (Phi) is 3.01. The van der Waals surface area contributed by atoms with Gasteiger partial charge in [0.2, 0.25) is 0 Å². The molecule has 0 radical (unpaired) electrons. The summed E-state index contributed by atoms with van der Waals surface area (Å²) in [6.07, 6.45) is 0. The zero-order chi connectivity index (χ0) is 12.6. The van der Waals surface area contributed by atoms with Gasteiger partial charge in [-0.25, -0.2) is 4.39 Å². The molecule has 0 aliphatic rings. The first kappa shape index (κ1) is 11.8. The standard InChI is InChI=1S/C16H17F/c1-10-7-11(2)13(4)15(8-10)14-5-6-16(17)12(3)9-14/h5-9H,1-4H3. The molecule has 0 heterocycles. The molecule has 0 nitrogen and oxygen atoms in total. The number of hydrogen-bond acceptors (Lipinski definition) is 0. The van der Waals surface area contributed by atoms with E-state index >= 15 is 0 Å². The lowest BCUT2D eigenvalue weighted by Gasteiger charge is -2.11. The van der Waals surface area contributed by atoms with E-state index in [4.69, 9.17) is 0 Å². The van der Waals surface area contributed by atoms with Crippen molar-refractivity contribution in [3.63, 3.8) is 0 Å². The molecule has 2 aromatic carbocycles. The van der Waals surface area contributed by atoms with Crippen LogP contribution in [-0.2, 0) is 0 Å². The minimum atomic E-state index is -0.143. The molecule has 0 aliphatic heterocycles. The highest BCUT2D eigenvalue weighted by Crippen LogP contribution is 2.28. The van der Waals surface area contributed by atoms with Crippen molar-refractivity contribution in [3.8, 4) is 11.1 Å². The van der Waals surface area contributed by atoms with E-state index in [0.717, 1.165) is 5.56 Å². The van der Waals surface area contributed by atoms with Crippen LogP contribution in [0.5, 0.6) is 0 Å². The zero-order valence-corrected chi connectivity index (χ0v) is 10.8. The van der Waals surface area contributed by atoms with Gasteiger partial charge in [-0.2, -0.15) is 0 Å². The number of hydrogen-bond donors (Lipinski definition) is 0. The van der Waals surface area contributed by atoms with Crippen molar-refractivity contribution in [2.75, 3.05) is 0 Å². The van der Waals surface area contributed by atoms with Gasteiger partial charge in [0.15, 0.2) is 0 Å². The normalized spacial score (nSPS) is 10.6. The number of aryl methyl sites for hydroxylation is 3. The average Bonchev–Trinajstić information content (AvgIpc) is 2.27. The second-order valence-corrected chi connectivity index (χ2v) is 4.72. The topological polar surface area (TPSA) is 0 Å². The van der Waals surface area contributed by atoms with E-state index in [9.17, 15) is 4.39 Å². The lowest BCUT2D eigenvalue weighted by Crippen LogP contribution is -1.91. The molecule has 2 rings (SSSR count). The first-order valence-corrected chi connectivity index (χ1v) is 5.83. The maximum Gasteiger partial charge on any atom is 0.126 e. The summed E-state index contributed by atoms with van der Waals surface area (Å²) in [7, 11) is 0. The van der Waals surface area contributed by atoms with Crippen LogP contribution < -0.4 is 0 Å². The van der Waals surface area contributed by atoms with Gasteiger partial charge in [0.1, 0.15) is 5.82 Å². The van der Waals surface area contributed by atoms with Crippen LogP contribution in [0.1, 0.15) is 22.3 Å². The quantitative estimate of drug-likeness (QED) is 0.662. The summed E-state index contributed by atoms with van der Waals surface area (Å²) >= 11 is 0. The molecular formula is C16H17F. The van der Waals surface area contributed by atoms with E-state index in [0.29, 0.717) is 5.56 Å². The molecule has 2 aromatic rings. The van der Waals surface area contributed by atoms with Gasteiger partial charge in [0.05, 0.1) is 0 Å². The van der Waals surface area contributed by atoms with Gasteiger partial charge >= 0.3 is 0 Å². The highest BCUT2D eigenvalue weighted by Gasteiger charge is 2.07. The van der Waals surface area contributed by atoms with Crippen molar-refractivity contribution in [1.29, 1.82) is 0 Å². The number of benzene rings is 2. The maximum atomic E-state index is 13.3. The summed E-state index contributed by atoms with van der Waals surface area (Å²) in [6.45, 7) is 8.12. The third-order valence-electron chi connectivity index (χ3n) is 3.28. The Morgan fingerprint density at radius 1 is 0.824 bits per heavy atom. The Bertz CT molecular complexity index is 568. The van der Waals surface area contributed by atoms with Crippen molar-refractivity contribution in [2.45, 2.75) is 27.7 Å². The van der Waals surface area contributed by atoms with Crippen molar-refractivity contribution in [2.24, 2.45) is 0 Å². The van der Waals surface area contributed by atoms with Crippen LogP contribution in [0.25, 0.3) is 11.1 Å². The first-order chi connectivity index (χ1) is 7.99. The largest absolute Gasteiger partial charge is 0.207 e. The van der Waals surface area contributed by atoms with Crippen LogP contribution in [0.2, 0.25) is 0 Å². The van der Waals surface area contributed by atoms with Crippen molar-refractivity contribution in [1.82, 2.24) is 0 Å². The lowest BCUT2D eigenvalue weighted by atomic mass is 9.94. The Morgan fingerprint density at radius 3 is 2.18 bits per heavy atom. The third-order valence-corrected chi connectivity index (χ3v) is 3.28. The van der Waals surface area contributed by atoms with Gasteiger partial charge < -0.3 is 0 Å². The minimum absolute atomic E-state index is 0.143. The Hall–Kier alpha value is -1.63. The summed E-state index contributed by atoms with van der Waals surface area (Å²) in [5.74, 6) is -0.143. The Morgan fingerprint density at radius 2 is 1.53 bits per heavy atom. The highest BCUT2D eigenvalue weighted by atomic mass is 19.1. The van der Waals surface area contributed by atoms with Crippen molar-refractivity contribution >= 4 is 0 Å². The van der Waals surface area contributed by atoms with E-state index in [1.54, 1.807) is 13.0 Å². The zero-order valence-electron chi connectivity index (χ0n) is 10.8. The Labute approximate surface area is 102 Å². The van der Waals surface area contributed by atoms with E-state index in [2.05, 4.69) is 32.9 Å². The van der Waals surface area contributed by atoms with Crippen molar-refractivity contribution in [3.05, 3.63) is 58.4 Å². The van der Waals surface area contributed by atoms with Crippen LogP contribution >= 0.6 is 0 Å². The number of halogens is 1. The smallest absolute Gasteiger partial charge is 0.126 e. The molecular weight excluding hydrogens is 211 g/mol. The second-order valence-electron chi connectivity index (χ2n) is 4.72. The summed E-state index contributed by atoms with van der Waals surface area (Å²) in [6, 6.07) is 9.64. The first-order valence-electron chi connectivity index (χ1n) is 5.83. The molecule has 1 heteroatoms. The molecule has 0 aromatic heterocycles. The minimum Gasteiger partial charge on any atom is -0.207 e. The molecule has 0 unspecified atom stereocenters. The van der Waals surface area contributed by atoms with E-state index in [-0.39, 0.29) is 5.82 Å². The van der Waals surface area contributed by atoms with Crippen LogP contribution in [-0.4, -0.2) is 0 Å². The van der Waals surface area contributed by atoms with Gasteiger partial charge in [0, 0.05) is 0 Å². The van der Waals surface area contributed by atoms with Gasteiger partial charge in [0.25, 0.3) is 0 Å². The lowest BCUT2D eigenvalue weighted by molar-refractivity contribution is 0.619. The molecule has 0 N–H and O–H groups in total. The fraction of sp³-hybridized carbons (Fsp3) is 0.250. The van der Waals surface area contributed by atoms with Crippen LogP contribution in [0.15, 0.2) is 30.3 Å². The average molecular weight is 228 g/mol. The molecule has 0 bridgehead atoms. The summed E-state index contributed by atoms with van der Waals surface area (Å²) in [4.78, 5) is 0. The van der Waals surface area contributed by atoms with Gasteiger partial charge in [-0.15, -0.1) is 0 Å². The second kappa shape index (κ2) is 4.33. The molecule has 0 atom stereocenters. The summed E-state index contributed by atoms with van der Waals surface area (Å²) < 4.78 is 13.3. The van der Waals surface area contributed by atoms with Gasteiger partial charge in [-0.3, -0.25) is 0 Å². The molecule has 0 aliphatic carbocycles. The van der Waals surface area contributed by atoms with Gasteiger partial charge in [-0.05, 0) is 67.6 Å².